The lowest BCUT2D eigenvalue weighted by Crippen LogP contribution is -2.47. The third kappa shape index (κ3) is 5.93. The van der Waals surface area contributed by atoms with Crippen molar-refractivity contribution in [3.05, 3.63) is 11.6 Å². The van der Waals surface area contributed by atoms with Crippen LogP contribution in [0.1, 0.15) is 51.7 Å². The van der Waals surface area contributed by atoms with E-state index in [9.17, 15) is 0 Å². The molecule has 0 aliphatic carbocycles. The van der Waals surface area contributed by atoms with Gasteiger partial charge in [0.25, 0.3) is 0 Å². The second-order valence-corrected chi connectivity index (χ2v) is 6.04. The van der Waals surface area contributed by atoms with Crippen molar-refractivity contribution in [3.8, 4) is 0 Å². The molecule has 0 saturated heterocycles. The van der Waals surface area contributed by atoms with Crippen LogP contribution in [-0.2, 0) is 13.0 Å². The Morgan fingerprint density at radius 1 is 1.35 bits per heavy atom. The molecule has 0 bridgehead atoms. The van der Waals surface area contributed by atoms with Crippen LogP contribution in [0, 0.1) is 12.8 Å². The predicted molar refractivity (Wildman–Crippen MR) is 105 cm³/mol. The standard InChI is InChI=1S/C16H30N6.HI/c1-5-13(6-2)10-18-16(17-7-3)20-14-8-9-15-19-12(4)21-22(15)11-14;/h13-14H,5-11H2,1-4H3,(H2,17,18,20);1H. The molecular weight excluding hydrogens is 403 g/mol. The van der Waals surface area contributed by atoms with Gasteiger partial charge in [0.15, 0.2) is 5.96 Å². The summed E-state index contributed by atoms with van der Waals surface area (Å²) in [5, 5.41) is 11.4. The Labute approximate surface area is 157 Å². The fraction of sp³-hybridized carbons (Fsp3) is 0.812. The zero-order chi connectivity index (χ0) is 15.9. The van der Waals surface area contributed by atoms with Crippen molar-refractivity contribution in [2.45, 2.75) is 66.0 Å². The van der Waals surface area contributed by atoms with Gasteiger partial charge in [0.2, 0.25) is 0 Å². The zero-order valence-corrected chi connectivity index (χ0v) is 17.1. The highest BCUT2D eigenvalue weighted by atomic mass is 127. The molecule has 1 aliphatic heterocycles. The molecule has 2 N–H and O–H groups in total. The van der Waals surface area contributed by atoms with Gasteiger partial charge in [-0.1, -0.05) is 26.7 Å². The number of aryl methyl sites for hydroxylation is 2. The first-order valence-corrected chi connectivity index (χ1v) is 8.61. The fourth-order valence-corrected chi connectivity index (χ4v) is 2.83. The average molecular weight is 434 g/mol. The molecule has 0 amide bonds. The molecule has 2 heterocycles. The molecule has 2 rings (SSSR count). The van der Waals surface area contributed by atoms with Gasteiger partial charge in [0.05, 0.1) is 6.54 Å². The molecule has 0 radical (unpaired) electrons. The van der Waals surface area contributed by atoms with E-state index in [4.69, 9.17) is 4.99 Å². The van der Waals surface area contributed by atoms with E-state index < -0.39 is 0 Å². The lowest BCUT2D eigenvalue weighted by molar-refractivity contribution is 0.391. The minimum atomic E-state index is 0. The third-order valence-electron chi connectivity index (χ3n) is 4.31. The molecule has 1 aromatic heterocycles. The summed E-state index contributed by atoms with van der Waals surface area (Å²) in [5.74, 6) is 3.57. The summed E-state index contributed by atoms with van der Waals surface area (Å²) in [7, 11) is 0. The smallest absolute Gasteiger partial charge is 0.191 e. The Hall–Kier alpha value is -0.860. The first kappa shape index (κ1) is 20.2. The maximum absolute atomic E-state index is 4.76. The van der Waals surface area contributed by atoms with Crippen LogP contribution in [0.15, 0.2) is 4.99 Å². The summed E-state index contributed by atoms with van der Waals surface area (Å²) in [6.07, 6.45) is 4.42. The first-order chi connectivity index (χ1) is 10.7. The highest BCUT2D eigenvalue weighted by Gasteiger charge is 2.21. The van der Waals surface area contributed by atoms with Gasteiger partial charge in [0, 0.05) is 25.6 Å². The Morgan fingerprint density at radius 2 is 2.09 bits per heavy atom. The van der Waals surface area contributed by atoms with E-state index in [1.54, 1.807) is 0 Å². The van der Waals surface area contributed by atoms with E-state index in [2.05, 4.69) is 41.5 Å². The number of aromatic nitrogens is 3. The van der Waals surface area contributed by atoms with Gasteiger partial charge < -0.3 is 10.6 Å². The van der Waals surface area contributed by atoms with Gasteiger partial charge in [-0.2, -0.15) is 5.10 Å². The van der Waals surface area contributed by atoms with Crippen molar-refractivity contribution >= 4 is 29.9 Å². The summed E-state index contributed by atoms with van der Waals surface area (Å²) in [5.41, 5.74) is 0. The summed E-state index contributed by atoms with van der Waals surface area (Å²) >= 11 is 0. The van der Waals surface area contributed by atoms with Crippen LogP contribution in [0.4, 0.5) is 0 Å². The second kappa shape index (κ2) is 10.1. The molecule has 132 valence electrons. The van der Waals surface area contributed by atoms with Crippen molar-refractivity contribution in [2.24, 2.45) is 10.9 Å². The van der Waals surface area contributed by atoms with Crippen molar-refractivity contribution in [2.75, 3.05) is 13.1 Å². The van der Waals surface area contributed by atoms with E-state index in [1.165, 1.54) is 12.8 Å². The molecule has 23 heavy (non-hydrogen) atoms. The van der Waals surface area contributed by atoms with Crippen LogP contribution in [0.2, 0.25) is 0 Å². The maximum Gasteiger partial charge on any atom is 0.191 e. The minimum Gasteiger partial charge on any atom is -0.357 e. The van der Waals surface area contributed by atoms with Gasteiger partial charge in [0.1, 0.15) is 11.6 Å². The molecule has 1 unspecified atom stereocenters. The average Bonchev–Trinajstić information content (AvgIpc) is 2.87. The minimum absolute atomic E-state index is 0. The van der Waals surface area contributed by atoms with Crippen molar-refractivity contribution in [3.63, 3.8) is 0 Å². The molecule has 1 atom stereocenters. The number of hydrogen-bond donors (Lipinski definition) is 2. The highest BCUT2D eigenvalue weighted by molar-refractivity contribution is 14.0. The lowest BCUT2D eigenvalue weighted by atomic mass is 10.0. The van der Waals surface area contributed by atoms with Crippen LogP contribution in [0.3, 0.4) is 0 Å². The van der Waals surface area contributed by atoms with Gasteiger partial charge in [-0.15, -0.1) is 24.0 Å². The van der Waals surface area contributed by atoms with Crippen molar-refractivity contribution in [1.29, 1.82) is 0 Å². The zero-order valence-electron chi connectivity index (χ0n) is 14.8. The molecule has 7 heteroatoms. The summed E-state index contributed by atoms with van der Waals surface area (Å²) in [4.78, 5) is 9.22. The van der Waals surface area contributed by atoms with E-state index in [-0.39, 0.29) is 24.0 Å². The van der Waals surface area contributed by atoms with Crippen molar-refractivity contribution in [1.82, 2.24) is 25.4 Å². The number of nitrogens with zero attached hydrogens (tertiary/aromatic N) is 4. The molecule has 6 nitrogen and oxygen atoms in total. The lowest BCUT2D eigenvalue weighted by Gasteiger charge is -2.25. The SMILES string of the molecule is CCNC(=NCC(CC)CC)NC1CCc2nc(C)nn2C1.I. The molecule has 0 fully saturated rings. The quantitative estimate of drug-likeness (QED) is 0.410. The normalized spacial score (nSPS) is 17.6. The number of guanidine groups is 1. The summed E-state index contributed by atoms with van der Waals surface area (Å²) in [6, 6.07) is 0.369. The van der Waals surface area contributed by atoms with Crippen LogP contribution in [0.25, 0.3) is 0 Å². The second-order valence-electron chi connectivity index (χ2n) is 6.04. The first-order valence-electron chi connectivity index (χ1n) is 8.61. The largest absolute Gasteiger partial charge is 0.357 e. The van der Waals surface area contributed by atoms with Crippen LogP contribution >= 0.6 is 24.0 Å². The molecule has 1 aliphatic rings. The summed E-state index contributed by atoms with van der Waals surface area (Å²) in [6.45, 7) is 11.2. The van der Waals surface area contributed by atoms with Gasteiger partial charge >= 0.3 is 0 Å². The van der Waals surface area contributed by atoms with E-state index in [0.717, 1.165) is 50.1 Å². The van der Waals surface area contributed by atoms with Gasteiger partial charge in [-0.3, -0.25) is 4.99 Å². The molecule has 0 aromatic carbocycles. The van der Waals surface area contributed by atoms with E-state index >= 15 is 0 Å². The van der Waals surface area contributed by atoms with Gasteiger partial charge in [-0.05, 0) is 26.2 Å². The van der Waals surface area contributed by atoms with Gasteiger partial charge in [-0.25, -0.2) is 9.67 Å². The molecule has 0 spiro atoms. The molecule has 1 aromatic rings. The Morgan fingerprint density at radius 3 is 2.74 bits per heavy atom. The monoisotopic (exact) mass is 434 g/mol. The maximum atomic E-state index is 4.76. The molecular formula is C16H31IN6. The summed E-state index contributed by atoms with van der Waals surface area (Å²) < 4.78 is 2.03. The topological polar surface area (TPSA) is 67.1 Å². The highest BCUT2D eigenvalue weighted by Crippen LogP contribution is 2.13. The number of fused-ring (bicyclic) bond motifs is 1. The number of aliphatic imine (C=N–C) groups is 1. The number of nitrogens with one attached hydrogen (secondary N) is 2. The third-order valence-corrected chi connectivity index (χ3v) is 4.31. The number of hydrogen-bond acceptors (Lipinski definition) is 3. The van der Waals surface area contributed by atoms with E-state index in [0.29, 0.717) is 12.0 Å². The van der Waals surface area contributed by atoms with E-state index in [1.807, 2.05) is 11.6 Å². The van der Waals surface area contributed by atoms with Crippen LogP contribution in [-0.4, -0.2) is 39.9 Å². The van der Waals surface area contributed by atoms with Crippen molar-refractivity contribution < 1.29 is 0 Å². The Balaban J connectivity index is 0.00000264. The predicted octanol–water partition coefficient (Wildman–Crippen LogP) is 2.51. The Bertz CT molecular complexity index is 495. The Kier molecular flexibility index (Phi) is 8.86. The van der Waals surface area contributed by atoms with Crippen LogP contribution < -0.4 is 10.6 Å². The van der Waals surface area contributed by atoms with Crippen LogP contribution in [0.5, 0.6) is 0 Å². The number of rotatable bonds is 6. The number of halogens is 1. The fourth-order valence-electron chi connectivity index (χ4n) is 2.83. The molecule has 0 saturated carbocycles.